The van der Waals surface area contributed by atoms with Crippen molar-refractivity contribution in [2.24, 2.45) is 5.41 Å². The smallest absolute Gasteiger partial charge is 0.124 e. The Morgan fingerprint density at radius 2 is 2.10 bits per heavy atom. The Hall–Kier alpha value is -1.22. The van der Waals surface area contributed by atoms with Crippen molar-refractivity contribution in [3.63, 3.8) is 0 Å². The number of methoxy groups -OCH3 is 1. The predicted octanol–water partition coefficient (Wildman–Crippen LogP) is 4.75. The van der Waals surface area contributed by atoms with Crippen LogP contribution in [0.2, 0.25) is 0 Å². The van der Waals surface area contributed by atoms with E-state index in [0.717, 1.165) is 23.6 Å². The van der Waals surface area contributed by atoms with Crippen molar-refractivity contribution in [1.29, 1.82) is 0 Å². The molecule has 1 aromatic heterocycles. The van der Waals surface area contributed by atoms with Gasteiger partial charge in [-0.3, -0.25) is 0 Å². The van der Waals surface area contributed by atoms with Crippen LogP contribution in [-0.2, 0) is 12.4 Å². The van der Waals surface area contributed by atoms with Crippen LogP contribution in [0.4, 0.5) is 0 Å². The van der Waals surface area contributed by atoms with Crippen LogP contribution in [0, 0.1) is 5.41 Å². The topological polar surface area (TPSA) is 27.1 Å². The fourth-order valence-corrected chi connectivity index (χ4v) is 3.85. The summed E-state index contributed by atoms with van der Waals surface area (Å²) in [7, 11) is 1.69. The van der Waals surface area contributed by atoms with E-state index in [1.54, 1.807) is 7.11 Å². The Labute approximate surface area is 131 Å². The Kier molecular flexibility index (Phi) is 4.12. The van der Waals surface area contributed by atoms with E-state index in [2.05, 4.69) is 17.6 Å². The molecule has 21 heavy (non-hydrogen) atoms. The number of alkyl halides is 1. The molecule has 4 heteroatoms. The van der Waals surface area contributed by atoms with E-state index in [1.165, 1.54) is 37.6 Å². The second-order valence-electron chi connectivity index (χ2n) is 6.16. The van der Waals surface area contributed by atoms with Gasteiger partial charge in [-0.05, 0) is 36.8 Å². The molecule has 1 aromatic carbocycles. The SMILES string of the molecule is CCC1(Cn2c(CCl)nc3cc(OC)ccc32)CCCC1. The summed E-state index contributed by atoms with van der Waals surface area (Å²) in [6.07, 6.45) is 6.57. The number of halogens is 1. The molecule has 0 spiro atoms. The third-order valence-electron chi connectivity index (χ3n) is 5.06. The maximum absolute atomic E-state index is 6.14. The summed E-state index contributed by atoms with van der Waals surface area (Å²) in [6, 6.07) is 6.11. The van der Waals surface area contributed by atoms with Crippen molar-refractivity contribution in [2.75, 3.05) is 7.11 Å². The number of aromatic nitrogens is 2. The minimum absolute atomic E-state index is 0.425. The summed E-state index contributed by atoms with van der Waals surface area (Å²) < 4.78 is 7.63. The summed E-state index contributed by atoms with van der Waals surface area (Å²) in [4.78, 5) is 4.70. The van der Waals surface area contributed by atoms with Crippen LogP contribution >= 0.6 is 11.6 Å². The highest BCUT2D eigenvalue weighted by molar-refractivity contribution is 6.16. The van der Waals surface area contributed by atoms with Crippen LogP contribution in [0.25, 0.3) is 11.0 Å². The van der Waals surface area contributed by atoms with Gasteiger partial charge in [0.1, 0.15) is 11.6 Å². The van der Waals surface area contributed by atoms with Crippen LogP contribution < -0.4 is 4.74 Å². The first kappa shape index (κ1) is 14.7. The van der Waals surface area contributed by atoms with Crippen LogP contribution in [0.5, 0.6) is 5.75 Å². The van der Waals surface area contributed by atoms with E-state index >= 15 is 0 Å². The van der Waals surface area contributed by atoms with Gasteiger partial charge in [0.15, 0.2) is 0 Å². The zero-order chi connectivity index (χ0) is 14.9. The normalized spacial score (nSPS) is 17.5. The third-order valence-corrected chi connectivity index (χ3v) is 5.30. The first-order valence-corrected chi connectivity index (χ1v) is 8.34. The van der Waals surface area contributed by atoms with Gasteiger partial charge in [0, 0.05) is 12.6 Å². The number of nitrogens with zero attached hydrogens (tertiary/aromatic N) is 2. The number of hydrogen-bond donors (Lipinski definition) is 0. The molecule has 2 aromatic rings. The van der Waals surface area contributed by atoms with E-state index in [-0.39, 0.29) is 0 Å². The van der Waals surface area contributed by atoms with Gasteiger partial charge >= 0.3 is 0 Å². The van der Waals surface area contributed by atoms with Crippen molar-refractivity contribution >= 4 is 22.6 Å². The first-order chi connectivity index (χ1) is 10.2. The molecule has 1 aliphatic carbocycles. The predicted molar refractivity (Wildman–Crippen MR) is 87.0 cm³/mol. The van der Waals surface area contributed by atoms with Crippen molar-refractivity contribution < 1.29 is 4.74 Å². The minimum Gasteiger partial charge on any atom is -0.497 e. The average Bonchev–Trinajstić information content (AvgIpc) is 3.12. The van der Waals surface area contributed by atoms with E-state index in [1.807, 2.05) is 12.1 Å². The molecule has 0 radical (unpaired) electrons. The quantitative estimate of drug-likeness (QED) is 0.745. The van der Waals surface area contributed by atoms with Gasteiger partial charge < -0.3 is 9.30 Å². The van der Waals surface area contributed by atoms with E-state index < -0.39 is 0 Å². The largest absolute Gasteiger partial charge is 0.497 e. The number of imidazole rings is 1. The molecule has 0 aliphatic heterocycles. The number of ether oxygens (including phenoxy) is 1. The fraction of sp³-hybridized carbons (Fsp3) is 0.588. The van der Waals surface area contributed by atoms with Gasteiger partial charge in [0.25, 0.3) is 0 Å². The maximum atomic E-state index is 6.14. The van der Waals surface area contributed by atoms with Crippen LogP contribution in [0.3, 0.4) is 0 Å². The molecule has 1 fully saturated rings. The Morgan fingerprint density at radius 1 is 1.33 bits per heavy atom. The highest BCUT2D eigenvalue weighted by Gasteiger charge is 2.33. The molecule has 1 aliphatic rings. The maximum Gasteiger partial charge on any atom is 0.124 e. The minimum atomic E-state index is 0.425. The second-order valence-corrected chi connectivity index (χ2v) is 6.43. The van der Waals surface area contributed by atoms with Crippen LogP contribution in [-0.4, -0.2) is 16.7 Å². The lowest BCUT2D eigenvalue weighted by Gasteiger charge is -2.29. The van der Waals surface area contributed by atoms with Crippen molar-refractivity contribution in [3.8, 4) is 5.75 Å². The van der Waals surface area contributed by atoms with Crippen LogP contribution in [0.15, 0.2) is 18.2 Å². The molecule has 0 saturated heterocycles. The highest BCUT2D eigenvalue weighted by Crippen LogP contribution is 2.43. The zero-order valence-electron chi connectivity index (χ0n) is 12.9. The molecule has 1 heterocycles. The second kappa shape index (κ2) is 5.88. The summed E-state index contributed by atoms with van der Waals surface area (Å²) in [5.74, 6) is 2.27. The molecule has 0 unspecified atom stereocenters. The summed E-state index contributed by atoms with van der Waals surface area (Å²) in [6.45, 7) is 3.35. The molecule has 114 valence electrons. The molecular weight excluding hydrogens is 284 g/mol. The van der Waals surface area contributed by atoms with Gasteiger partial charge in [-0.15, -0.1) is 11.6 Å². The first-order valence-electron chi connectivity index (χ1n) is 7.80. The van der Waals surface area contributed by atoms with Crippen molar-refractivity contribution in [1.82, 2.24) is 9.55 Å². The van der Waals surface area contributed by atoms with Crippen molar-refractivity contribution in [2.45, 2.75) is 51.5 Å². The number of hydrogen-bond acceptors (Lipinski definition) is 2. The molecule has 1 saturated carbocycles. The summed E-state index contributed by atoms with van der Waals surface area (Å²) in [5, 5.41) is 0. The number of benzene rings is 1. The van der Waals surface area contributed by atoms with Gasteiger partial charge in [0.2, 0.25) is 0 Å². The number of rotatable bonds is 5. The lowest BCUT2D eigenvalue weighted by Crippen LogP contribution is -2.23. The Bertz CT molecular complexity index is 629. The molecule has 0 amide bonds. The third kappa shape index (κ3) is 2.64. The molecule has 3 nitrogen and oxygen atoms in total. The van der Waals surface area contributed by atoms with E-state index in [4.69, 9.17) is 21.3 Å². The summed E-state index contributed by atoms with van der Waals surface area (Å²) >= 11 is 6.14. The van der Waals surface area contributed by atoms with Gasteiger partial charge in [-0.1, -0.05) is 19.8 Å². The van der Waals surface area contributed by atoms with E-state index in [0.29, 0.717) is 11.3 Å². The molecule has 3 rings (SSSR count). The molecule has 0 bridgehead atoms. The standard InChI is InChI=1S/C17H23ClN2O/c1-3-17(8-4-5-9-17)12-20-15-7-6-13(21-2)10-14(15)19-16(20)11-18/h6-7,10H,3-5,8-9,11-12H2,1-2H3. The van der Waals surface area contributed by atoms with Crippen molar-refractivity contribution in [3.05, 3.63) is 24.0 Å². The Balaban J connectivity index is 2.03. The van der Waals surface area contributed by atoms with Gasteiger partial charge in [0.05, 0.1) is 24.0 Å². The van der Waals surface area contributed by atoms with Gasteiger partial charge in [-0.25, -0.2) is 4.98 Å². The van der Waals surface area contributed by atoms with Gasteiger partial charge in [-0.2, -0.15) is 0 Å². The average molecular weight is 307 g/mol. The van der Waals surface area contributed by atoms with Crippen LogP contribution in [0.1, 0.15) is 44.9 Å². The lowest BCUT2D eigenvalue weighted by atomic mass is 9.83. The fourth-order valence-electron chi connectivity index (χ4n) is 3.65. The zero-order valence-corrected chi connectivity index (χ0v) is 13.6. The highest BCUT2D eigenvalue weighted by atomic mass is 35.5. The molecular formula is C17H23ClN2O. The lowest BCUT2D eigenvalue weighted by molar-refractivity contribution is 0.238. The monoisotopic (exact) mass is 306 g/mol. The molecule has 0 N–H and O–H groups in total. The Morgan fingerprint density at radius 3 is 2.71 bits per heavy atom. The van der Waals surface area contributed by atoms with E-state index in [9.17, 15) is 0 Å². The number of fused-ring (bicyclic) bond motifs is 1. The molecule has 0 atom stereocenters. The summed E-state index contributed by atoms with van der Waals surface area (Å²) in [5.41, 5.74) is 2.58.